The summed E-state index contributed by atoms with van der Waals surface area (Å²) in [5.74, 6) is -0.676. The summed E-state index contributed by atoms with van der Waals surface area (Å²) in [7, 11) is 0. The molecule has 19 heavy (non-hydrogen) atoms. The highest BCUT2D eigenvalue weighted by atomic mass is 32.2. The van der Waals surface area contributed by atoms with Crippen molar-refractivity contribution in [2.24, 2.45) is 0 Å². The molecule has 1 N–H and O–H groups in total. The second-order valence-corrected chi connectivity index (χ2v) is 5.17. The number of ether oxygens (including phenoxy) is 1. The Labute approximate surface area is 120 Å². The van der Waals surface area contributed by atoms with Crippen molar-refractivity contribution in [2.75, 3.05) is 25.4 Å². The Bertz CT molecular complexity index is 407. The van der Waals surface area contributed by atoms with Crippen LogP contribution in [-0.4, -0.2) is 52.5 Å². The number of hydrogen-bond acceptors (Lipinski definition) is 6. The van der Waals surface area contributed by atoms with E-state index in [1.54, 1.807) is 6.92 Å². The molecule has 1 rings (SSSR count). The van der Waals surface area contributed by atoms with Gasteiger partial charge in [-0.15, -0.1) is 0 Å². The molecule has 0 aromatic carbocycles. The minimum absolute atomic E-state index is 0.0521. The topological polar surface area (TPSA) is 75.7 Å². The third-order valence-corrected chi connectivity index (χ3v) is 3.58. The fourth-order valence-corrected chi connectivity index (χ4v) is 2.40. The lowest BCUT2D eigenvalue weighted by molar-refractivity contribution is -0.143. The summed E-state index contributed by atoms with van der Waals surface area (Å²) in [5.41, 5.74) is 0. The highest BCUT2D eigenvalue weighted by molar-refractivity contribution is 8.23. The molecule has 1 aliphatic rings. The second-order valence-electron chi connectivity index (χ2n) is 3.56. The minimum atomic E-state index is -0.565. The van der Waals surface area contributed by atoms with E-state index >= 15 is 0 Å². The number of rotatable bonds is 6. The smallest absolute Gasteiger partial charge is 0.330 e. The number of thioether (sulfide) groups is 1. The molecule has 0 bridgehead atoms. The minimum Gasteiger partial charge on any atom is -0.452 e. The first-order valence-electron chi connectivity index (χ1n) is 5.58. The van der Waals surface area contributed by atoms with Crippen molar-refractivity contribution in [1.82, 2.24) is 10.2 Å². The van der Waals surface area contributed by atoms with Crippen molar-refractivity contribution in [1.29, 1.82) is 0 Å². The predicted octanol–water partition coefficient (Wildman–Crippen LogP) is 0.0822. The Hall–Kier alpha value is -1.41. The summed E-state index contributed by atoms with van der Waals surface area (Å²) in [6.07, 6.45) is 2.75. The van der Waals surface area contributed by atoms with Crippen molar-refractivity contribution in [2.45, 2.75) is 6.92 Å². The van der Waals surface area contributed by atoms with E-state index in [9.17, 15) is 14.4 Å². The molecule has 1 aliphatic heterocycles. The van der Waals surface area contributed by atoms with Crippen molar-refractivity contribution in [3.63, 3.8) is 0 Å². The Morgan fingerprint density at radius 2 is 2.32 bits per heavy atom. The molecule has 0 spiro atoms. The van der Waals surface area contributed by atoms with Crippen LogP contribution in [0, 0.1) is 0 Å². The highest BCUT2D eigenvalue weighted by Crippen LogP contribution is 2.18. The van der Waals surface area contributed by atoms with Gasteiger partial charge in [-0.2, -0.15) is 0 Å². The number of nitrogens with one attached hydrogen (secondary N) is 1. The number of carbonyl (C=O) groups excluding carboxylic acids is 3. The van der Waals surface area contributed by atoms with E-state index < -0.39 is 11.9 Å². The van der Waals surface area contributed by atoms with E-state index in [1.165, 1.54) is 28.8 Å². The maximum atomic E-state index is 11.4. The third-order valence-electron chi connectivity index (χ3n) is 2.15. The van der Waals surface area contributed by atoms with Gasteiger partial charge in [-0.05, 0) is 6.92 Å². The molecule has 0 saturated carbocycles. The van der Waals surface area contributed by atoms with Crippen LogP contribution in [0.3, 0.4) is 0 Å². The molecule has 1 heterocycles. The molecule has 1 fully saturated rings. The van der Waals surface area contributed by atoms with Gasteiger partial charge in [0.1, 0.15) is 4.32 Å². The van der Waals surface area contributed by atoms with Crippen LogP contribution < -0.4 is 5.32 Å². The monoisotopic (exact) mass is 302 g/mol. The zero-order valence-electron chi connectivity index (χ0n) is 10.4. The summed E-state index contributed by atoms with van der Waals surface area (Å²) in [5, 5.41) is 2.55. The summed E-state index contributed by atoms with van der Waals surface area (Å²) in [6.45, 7) is 1.94. The van der Waals surface area contributed by atoms with Gasteiger partial charge in [-0.25, -0.2) is 4.79 Å². The van der Waals surface area contributed by atoms with Crippen molar-refractivity contribution >= 4 is 46.1 Å². The maximum absolute atomic E-state index is 11.4. The van der Waals surface area contributed by atoms with Crippen molar-refractivity contribution in [3.05, 3.63) is 12.2 Å². The molecule has 0 aliphatic carbocycles. The van der Waals surface area contributed by atoms with E-state index in [-0.39, 0.29) is 19.1 Å². The van der Waals surface area contributed by atoms with Gasteiger partial charge in [0, 0.05) is 19.2 Å². The SMILES string of the molecule is C/C=C/C(=O)OCC(=O)NCCN1C(=O)CSC1=S. The maximum Gasteiger partial charge on any atom is 0.330 e. The molecule has 0 unspecified atom stereocenters. The second kappa shape index (κ2) is 7.90. The van der Waals surface area contributed by atoms with Gasteiger partial charge in [0.2, 0.25) is 5.91 Å². The number of amides is 2. The normalized spacial score (nSPS) is 15.1. The summed E-state index contributed by atoms with van der Waals surface area (Å²) in [4.78, 5) is 35.1. The third kappa shape index (κ3) is 5.39. The van der Waals surface area contributed by atoms with Crippen LogP contribution in [0.25, 0.3) is 0 Å². The number of esters is 1. The Balaban J connectivity index is 2.18. The van der Waals surface area contributed by atoms with Gasteiger partial charge in [0.15, 0.2) is 6.61 Å². The fourth-order valence-electron chi connectivity index (χ4n) is 1.28. The zero-order chi connectivity index (χ0) is 14.3. The molecule has 0 aromatic heterocycles. The van der Waals surface area contributed by atoms with Gasteiger partial charge < -0.3 is 10.1 Å². The molecule has 0 radical (unpaired) electrons. The van der Waals surface area contributed by atoms with Crippen LogP contribution in [0.2, 0.25) is 0 Å². The quantitative estimate of drug-likeness (QED) is 0.425. The molecule has 6 nitrogen and oxygen atoms in total. The summed E-state index contributed by atoms with van der Waals surface area (Å²) < 4.78 is 5.19. The molecular formula is C11H14N2O4S2. The van der Waals surface area contributed by atoms with E-state index in [2.05, 4.69) is 10.1 Å². The lowest BCUT2D eigenvalue weighted by Crippen LogP contribution is -2.38. The average Bonchev–Trinajstić information content (AvgIpc) is 2.68. The van der Waals surface area contributed by atoms with E-state index in [0.717, 1.165) is 0 Å². The standard InChI is InChI=1S/C11H14N2O4S2/c1-2-3-10(16)17-6-8(14)12-4-5-13-9(15)7-19-11(13)18/h2-3H,4-7H2,1H3,(H,12,14)/b3-2+. The number of hydrogen-bond donors (Lipinski definition) is 1. The fraction of sp³-hybridized carbons (Fsp3) is 0.455. The molecule has 104 valence electrons. The van der Waals surface area contributed by atoms with Gasteiger partial charge in [-0.1, -0.05) is 30.1 Å². The Morgan fingerprint density at radius 3 is 2.89 bits per heavy atom. The molecule has 2 amide bonds. The van der Waals surface area contributed by atoms with Crippen molar-refractivity contribution < 1.29 is 19.1 Å². The van der Waals surface area contributed by atoms with Crippen molar-refractivity contribution in [3.8, 4) is 0 Å². The van der Waals surface area contributed by atoms with E-state index in [4.69, 9.17) is 12.2 Å². The van der Waals surface area contributed by atoms with Crippen LogP contribution >= 0.6 is 24.0 Å². The Kier molecular flexibility index (Phi) is 6.51. The summed E-state index contributed by atoms with van der Waals surface area (Å²) >= 11 is 6.30. The molecule has 8 heteroatoms. The lowest BCUT2D eigenvalue weighted by Gasteiger charge is -2.14. The van der Waals surface area contributed by atoms with Crippen LogP contribution in [0.4, 0.5) is 0 Å². The van der Waals surface area contributed by atoms with Gasteiger partial charge in [0.25, 0.3) is 5.91 Å². The number of allylic oxidation sites excluding steroid dienone is 1. The zero-order valence-corrected chi connectivity index (χ0v) is 12.0. The molecule has 0 atom stereocenters. The molecular weight excluding hydrogens is 288 g/mol. The largest absolute Gasteiger partial charge is 0.452 e. The lowest BCUT2D eigenvalue weighted by atomic mass is 10.5. The highest BCUT2D eigenvalue weighted by Gasteiger charge is 2.25. The van der Waals surface area contributed by atoms with Crippen LogP contribution in [-0.2, 0) is 19.1 Å². The summed E-state index contributed by atoms with van der Waals surface area (Å²) in [6, 6.07) is 0. The van der Waals surface area contributed by atoms with E-state index in [1.807, 2.05) is 0 Å². The van der Waals surface area contributed by atoms with Crippen LogP contribution in [0.1, 0.15) is 6.92 Å². The van der Waals surface area contributed by atoms with Gasteiger partial charge in [0.05, 0.1) is 5.75 Å². The molecule has 0 aromatic rings. The number of thiocarbonyl (C=S) groups is 1. The molecule has 1 saturated heterocycles. The van der Waals surface area contributed by atoms with Crippen LogP contribution in [0.15, 0.2) is 12.2 Å². The van der Waals surface area contributed by atoms with Crippen LogP contribution in [0.5, 0.6) is 0 Å². The predicted molar refractivity (Wildman–Crippen MR) is 75.6 cm³/mol. The number of nitrogens with zero attached hydrogens (tertiary/aromatic N) is 1. The average molecular weight is 302 g/mol. The first kappa shape index (κ1) is 15.6. The first-order chi connectivity index (χ1) is 9.04. The Morgan fingerprint density at radius 1 is 1.58 bits per heavy atom. The van der Waals surface area contributed by atoms with Gasteiger partial charge in [-0.3, -0.25) is 14.5 Å². The van der Waals surface area contributed by atoms with E-state index in [0.29, 0.717) is 16.6 Å². The van der Waals surface area contributed by atoms with Gasteiger partial charge >= 0.3 is 5.97 Å². The number of carbonyl (C=O) groups is 3. The first-order valence-corrected chi connectivity index (χ1v) is 6.97.